The van der Waals surface area contributed by atoms with Crippen LogP contribution in [0.5, 0.6) is 5.75 Å². The van der Waals surface area contributed by atoms with Crippen LogP contribution in [0.4, 0.5) is 0 Å². The minimum absolute atomic E-state index is 0.439. The molecule has 1 N–H and O–H groups in total. The minimum atomic E-state index is -3.48. The van der Waals surface area contributed by atoms with Gasteiger partial charge in [-0.1, -0.05) is 12.1 Å². The Labute approximate surface area is 141 Å². The van der Waals surface area contributed by atoms with E-state index in [9.17, 15) is 8.42 Å². The van der Waals surface area contributed by atoms with Gasteiger partial charge in [-0.05, 0) is 71.8 Å². The second-order valence-electron chi connectivity index (χ2n) is 5.96. The van der Waals surface area contributed by atoms with E-state index in [1.165, 1.54) is 11.1 Å². The van der Waals surface area contributed by atoms with E-state index in [0.29, 0.717) is 11.8 Å². The topological polar surface area (TPSA) is 55.4 Å². The van der Waals surface area contributed by atoms with Gasteiger partial charge in [-0.2, -0.15) is 19.8 Å². The summed E-state index contributed by atoms with van der Waals surface area (Å²) in [6, 6.07) is 8.28. The maximum Gasteiger partial charge on any atom is 0.306 e. The van der Waals surface area contributed by atoms with E-state index < -0.39 is 10.1 Å². The van der Waals surface area contributed by atoms with Crippen molar-refractivity contribution in [1.29, 1.82) is 0 Å². The molecule has 1 atom stereocenters. The van der Waals surface area contributed by atoms with Crippen LogP contribution in [0.2, 0.25) is 0 Å². The number of thiophene rings is 1. The van der Waals surface area contributed by atoms with Crippen molar-refractivity contribution in [2.75, 3.05) is 12.8 Å². The highest BCUT2D eigenvalue weighted by molar-refractivity contribution is 7.86. The predicted molar refractivity (Wildman–Crippen MR) is 93.8 cm³/mol. The van der Waals surface area contributed by atoms with Gasteiger partial charge in [-0.15, -0.1) is 0 Å². The van der Waals surface area contributed by atoms with Crippen molar-refractivity contribution in [3.63, 3.8) is 0 Å². The third kappa shape index (κ3) is 4.56. The lowest BCUT2D eigenvalue weighted by atomic mass is 9.87. The summed E-state index contributed by atoms with van der Waals surface area (Å²) >= 11 is 1.73. The highest BCUT2D eigenvalue weighted by Crippen LogP contribution is 2.30. The molecule has 1 aromatic heterocycles. The summed E-state index contributed by atoms with van der Waals surface area (Å²) in [5.41, 5.74) is 3.60. The largest absolute Gasteiger partial charge is 0.382 e. The second-order valence-corrected chi connectivity index (χ2v) is 8.31. The number of fused-ring (bicyclic) bond motifs is 1. The Hall–Kier alpha value is -1.37. The van der Waals surface area contributed by atoms with Crippen molar-refractivity contribution in [2.45, 2.75) is 31.7 Å². The molecule has 0 amide bonds. The molecule has 1 aliphatic rings. The van der Waals surface area contributed by atoms with E-state index in [0.717, 1.165) is 44.0 Å². The van der Waals surface area contributed by atoms with Crippen LogP contribution in [0.25, 0.3) is 0 Å². The first-order valence-electron chi connectivity index (χ1n) is 7.76. The van der Waals surface area contributed by atoms with E-state index in [1.54, 1.807) is 17.4 Å². The summed E-state index contributed by atoms with van der Waals surface area (Å²) in [6.45, 7) is 0.969. The van der Waals surface area contributed by atoms with Crippen molar-refractivity contribution >= 4 is 21.5 Å². The van der Waals surface area contributed by atoms with Gasteiger partial charge >= 0.3 is 10.1 Å². The molecule has 2 aromatic rings. The molecular weight excluding hydrogens is 330 g/mol. The highest BCUT2D eigenvalue weighted by atomic mass is 32.2. The number of benzene rings is 1. The lowest BCUT2D eigenvalue weighted by Gasteiger charge is -2.26. The number of hydrogen-bond acceptors (Lipinski definition) is 5. The molecule has 1 unspecified atom stereocenters. The van der Waals surface area contributed by atoms with Crippen molar-refractivity contribution in [3.8, 4) is 5.75 Å². The fourth-order valence-electron chi connectivity index (χ4n) is 3.04. The molecule has 0 bridgehead atoms. The van der Waals surface area contributed by atoms with Gasteiger partial charge in [0.2, 0.25) is 0 Å². The molecule has 3 rings (SSSR count). The lowest BCUT2D eigenvalue weighted by molar-refractivity contribution is 0.449. The zero-order valence-corrected chi connectivity index (χ0v) is 14.8. The molecule has 0 saturated carbocycles. The van der Waals surface area contributed by atoms with Gasteiger partial charge in [0.15, 0.2) is 0 Å². The van der Waals surface area contributed by atoms with Gasteiger partial charge < -0.3 is 9.50 Å². The number of hydrogen-bond donors (Lipinski definition) is 1. The minimum Gasteiger partial charge on any atom is -0.382 e. The highest BCUT2D eigenvalue weighted by Gasteiger charge is 2.22. The molecule has 0 fully saturated rings. The molecule has 23 heavy (non-hydrogen) atoms. The summed E-state index contributed by atoms with van der Waals surface area (Å²) in [7, 11) is -3.48. The van der Waals surface area contributed by atoms with Gasteiger partial charge in [0.25, 0.3) is 0 Å². The predicted octanol–water partition coefficient (Wildman–Crippen LogP) is 2.78. The first-order chi connectivity index (χ1) is 11.0. The molecule has 1 heterocycles. The third-order valence-electron chi connectivity index (χ3n) is 4.11. The van der Waals surface area contributed by atoms with E-state index in [-0.39, 0.29) is 0 Å². The smallest absolute Gasteiger partial charge is 0.306 e. The van der Waals surface area contributed by atoms with Gasteiger partial charge in [0, 0.05) is 6.04 Å². The van der Waals surface area contributed by atoms with Gasteiger partial charge in [-0.3, -0.25) is 0 Å². The number of nitrogens with one attached hydrogen (secondary N) is 1. The summed E-state index contributed by atoms with van der Waals surface area (Å²) in [5.74, 6) is 0.488. The Balaban J connectivity index is 1.61. The van der Waals surface area contributed by atoms with Crippen LogP contribution in [0.1, 0.15) is 23.1 Å². The molecule has 0 saturated heterocycles. The number of rotatable bonds is 6. The fraction of sp³-hybridized carbons (Fsp3) is 0.412. The van der Waals surface area contributed by atoms with E-state index in [2.05, 4.69) is 28.2 Å². The summed E-state index contributed by atoms with van der Waals surface area (Å²) < 4.78 is 27.9. The van der Waals surface area contributed by atoms with Crippen LogP contribution in [-0.2, 0) is 29.4 Å². The Kier molecular flexibility index (Phi) is 5.04. The lowest BCUT2D eigenvalue weighted by Crippen LogP contribution is -2.35. The average Bonchev–Trinajstić information content (AvgIpc) is 2.99. The van der Waals surface area contributed by atoms with E-state index in [4.69, 9.17) is 4.18 Å². The Morgan fingerprint density at radius 1 is 1.35 bits per heavy atom. The van der Waals surface area contributed by atoms with Crippen LogP contribution in [0.3, 0.4) is 0 Å². The second kappa shape index (κ2) is 7.03. The summed E-state index contributed by atoms with van der Waals surface area (Å²) in [4.78, 5) is 0. The summed E-state index contributed by atoms with van der Waals surface area (Å²) in [5, 5.41) is 7.91. The van der Waals surface area contributed by atoms with Crippen LogP contribution < -0.4 is 9.50 Å². The summed E-state index contributed by atoms with van der Waals surface area (Å²) in [6.07, 6.45) is 4.89. The first kappa shape index (κ1) is 16.5. The SMILES string of the molecule is CS(=O)(=O)Oc1cccc2c1CCC(NCCc1ccsc1)C2. The molecule has 0 radical (unpaired) electrons. The molecule has 0 spiro atoms. The Morgan fingerprint density at radius 2 is 2.22 bits per heavy atom. The molecule has 0 aliphatic heterocycles. The quantitative estimate of drug-likeness (QED) is 0.813. The maximum atomic E-state index is 11.4. The molecule has 4 nitrogen and oxygen atoms in total. The van der Waals surface area contributed by atoms with E-state index in [1.807, 2.05) is 6.07 Å². The fourth-order valence-corrected chi connectivity index (χ4v) is 4.23. The van der Waals surface area contributed by atoms with Crippen molar-refractivity contribution in [3.05, 3.63) is 51.7 Å². The monoisotopic (exact) mass is 351 g/mol. The zero-order valence-electron chi connectivity index (χ0n) is 13.1. The van der Waals surface area contributed by atoms with E-state index >= 15 is 0 Å². The van der Waals surface area contributed by atoms with Crippen molar-refractivity contribution < 1.29 is 12.6 Å². The van der Waals surface area contributed by atoms with Gasteiger partial charge in [0.05, 0.1) is 6.26 Å². The Morgan fingerprint density at radius 3 is 2.96 bits per heavy atom. The standard InChI is InChI=1S/C17H21NO3S2/c1-23(19,20)21-17-4-2-3-14-11-15(5-6-16(14)17)18-9-7-13-8-10-22-12-13/h2-4,8,10,12,15,18H,5-7,9,11H2,1H3. The zero-order chi connectivity index (χ0) is 16.3. The molecule has 6 heteroatoms. The Bertz CT molecular complexity index is 754. The normalized spacial score (nSPS) is 17.7. The van der Waals surface area contributed by atoms with Crippen LogP contribution in [0.15, 0.2) is 35.0 Å². The van der Waals surface area contributed by atoms with Gasteiger partial charge in [-0.25, -0.2) is 0 Å². The van der Waals surface area contributed by atoms with Crippen molar-refractivity contribution in [1.82, 2.24) is 5.32 Å². The van der Waals surface area contributed by atoms with Crippen LogP contribution >= 0.6 is 11.3 Å². The third-order valence-corrected chi connectivity index (χ3v) is 5.32. The molecule has 124 valence electrons. The van der Waals surface area contributed by atoms with Gasteiger partial charge in [0.1, 0.15) is 5.75 Å². The maximum absolute atomic E-state index is 11.4. The first-order valence-corrected chi connectivity index (χ1v) is 10.5. The molecular formula is C17H21NO3S2. The molecule has 1 aliphatic carbocycles. The van der Waals surface area contributed by atoms with Crippen LogP contribution in [-0.4, -0.2) is 27.3 Å². The molecule has 1 aromatic carbocycles. The van der Waals surface area contributed by atoms with Crippen LogP contribution in [0, 0.1) is 0 Å². The van der Waals surface area contributed by atoms with Crippen molar-refractivity contribution in [2.24, 2.45) is 0 Å². The average molecular weight is 351 g/mol.